The summed E-state index contributed by atoms with van der Waals surface area (Å²) in [6.45, 7) is 9.32. The van der Waals surface area contributed by atoms with Crippen molar-refractivity contribution in [3.8, 4) is 0 Å². The van der Waals surface area contributed by atoms with E-state index in [-0.39, 0.29) is 5.54 Å². The Labute approximate surface area is 161 Å². The Balaban J connectivity index is 1.96. The standard InChI is InChI=1S/C21H42N4O/c1-6-22-20(25(5)13-9-19-10-14-26-15-11-19)23-17-21(24(3)4)12-7-8-18(2)16-21/h18-19H,6-17H2,1-5H3,(H,22,23). The lowest BCUT2D eigenvalue weighted by atomic mass is 9.75. The number of hydrogen-bond acceptors (Lipinski definition) is 3. The number of ether oxygens (including phenoxy) is 1. The van der Waals surface area contributed by atoms with Crippen LogP contribution in [0.4, 0.5) is 0 Å². The summed E-state index contributed by atoms with van der Waals surface area (Å²) in [6.07, 6.45) is 8.87. The van der Waals surface area contributed by atoms with E-state index in [1.54, 1.807) is 0 Å². The minimum absolute atomic E-state index is 0.222. The monoisotopic (exact) mass is 366 g/mol. The molecule has 0 aromatic carbocycles. The molecule has 5 nitrogen and oxygen atoms in total. The molecule has 1 N–H and O–H groups in total. The van der Waals surface area contributed by atoms with E-state index in [0.717, 1.165) is 50.6 Å². The fourth-order valence-corrected chi connectivity index (χ4v) is 4.53. The van der Waals surface area contributed by atoms with Crippen molar-refractivity contribution in [2.75, 3.05) is 54.0 Å². The molecule has 0 amide bonds. The van der Waals surface area contributed by atoms with E-state index in [1.165, 1.54) is 44.9 Å². The van der Waals surface area contributed by atoms with Gasteiger partial charge < -0.3 is 19.9 Å². The molecule has 2 atom stereocenters. The van der Waals surface area contributed by atoms with Gasteiger partial charge in [0, 0.05) is 38.9 Å². The summed E-state index contributed by atoms with van der Waals surface area (Å²) in [5, 5.41) is 3.51. The normalized spacial score (nSPS) is 28.4. The lowest BCUT2D eigenvalue weighted by molar-refractivity contribution is 0.0625. The van der Waals surface area contributed by atoms with Crippen LogP contribution < -0.4 is 5.32 Å². The van der Waals surface area contributed by atoms with Crippen molar-refractivity contribution in [2.24, 2.45) is 16.8 Å². The largest absolute Gasteiger partial charge is 0.381 e. The van der Waals surface area contributed by atoms with Crippen LogP contribution in [0.3, 0.4) is 0 Å². The summed E-state index contributed by atoms with van der Waals surface area (Å²) in [6, 6.07) is 0. The SMILES string of the molecule is CCNC(=NCC1(N(C)C)CCCC(C)C1)N(C)CCC1CCOCC1. The second-order valence-electron chi connectivity index (χ2n) is 8.76. The molecule has 2 unspecified atom stereocenters. The Morgan fingerprint density at radius 1 is 1.19 bits per heavy atom. The van der Waals surface area contributed by atoms with Crippen molar-refractivity contribution in [3.63, 3.8) is 0 Å². The highest BCUT2D eigenvalue weighted by atomic mass is 16.5. The predicted octanol–water partition coefficient (Wildman–Crippen LogP) is 3.21. The van der Waals surface area contributed by atoms with Gasteiger partial charge in [-0.3, -0.25) is 4.99 Å². The first-order chi connectivity index (χ1) is 12.5. The van der Waals surface area contributed by atoms with Crippen molar-refractivity contribution < 1.29 is 4.74 Å². The van der Waals surface area contributed by atoms with Crippen LogP contribution in [0.5, 0.6) is 0 Å². The molecule has 0 aromatic rings. The lowest BCUT2D eigenvalue weighted by Crippen LogP contribution is -2.51. The average Bonchev–Trinajstić information content (AvgIpc) is 2.64. The van der Waals surface area contributed by atoms with E-state index in [9.17, 15) is 0 Å². The first kappa shape index (κ1) is 21.5. The zero-order valence-corrected chi connectivity index (χ0v) is 17.9. The number of likely N-dealkylation sites (N-methyl/N-ethyl adjacent to an activating group) is 1. The highest BCUT2D eigenvalue weighted by Crippen LogP contribution is 2.36. The number of rotatable bonds is 7. The van der Waals surface area contributed by atoms with Gasteiger partial charge in [0.25, 0.3) is 0 Å². The quantitative estimate of drug-likeness (QED) is 0.555. The number of guanidine groups is 1. The van der Waals surface area contributed by atoms with E-state index in [2.05, 4.69) is 50.1 Å². The Morgan fingerprint density at radius 3 is 2.54 bits per heavy atom. The van der Waals surface area contributed by atoms with Crippen LogP contribution in [-0.4, -0.2) is 75.3 Å². The van der Waals surface area contributed by atoms with Gasteiger partial charge in [-0.25, -0.2) is 0 Å². The third-order valence-electron chi connectivity index (χ3n) is 6.45. The molecular formula is C21H42N4O. The van der Waals surface area contributed by atoms with Gasteiger partial charge in [0.2, 0.25) is 0 Å². The lowest BCUT2D eigenvalue weighted by Gasteiger charge is -2.44. The van der Waals surface area contributed by atoms with E-state index in [0.29, 0.717) is 0 Å². The van der Waals surface area contributed by atoms with Gasteiger partial charge in [-0.1, -0.05) is 19.8 Å². The molecule has 0 aromatic heterocycles. The smallest absolute Gasteiger partial charge is 0.193 e. The molecule has 0 bridgehead atoms. The second kappa shape index (κ2) is 10.5. The van der Waals surface area contributed by atoms with Gasteiger partial charge in [-0.15, -0.1) is 0 Å². The van der Waals surface area contributed by atoms with Gasteiger partial charge in [-0.05, 0) is 65.0 Å². The number of aliphatic imine (C=N–C) groups is 1. The van der Waals surface area contributed by atoms with Gasteiger partial charge in [0.15, 0.2) is 5.96 Å². The zero-order chi connectivity index (χ0) is 19.0. The van der Waals surface area contributed by atoms with Crippen LogP contribution in [-0.2, 0) is 4.74 Å². The van der Waals surface area contributed by atoms with Crippen molar-refractivity contribution in [3.05, 3.63) is 0 Å². The fraction of sp³-hybridized carbons (Fsp3) is 0.952. The maximum Gasteiger partial charge on any atom is 0.193 e. The third kappa shape index (κ3) is 6.12. The summed E-state index contributed by atoms with van der Waals surface area (Å²) >= 11 is 0. The van der Waals surface area contributed by atoms with E-state index in [4.69, 9.17) is 9.73 Å². The van der Waals surface area contributed by atoms with Crippen LogP contribution in [0, 0.1) is 11.8 Å². The minimum Gasteiger partial charge on any atom is -0.381 e. The Morgan fingerprint density at radius 2 is 1.92 bits per heavy atom. The molecule has 0 radical (unpaired) electrons. The highest BCUT2D eigenvalue weighted by Gasteiger charge is 2.37. The molecule has 1 aliphatic heterocycles. The molecule has 2 fully saturated rings. The average molecular weight is 367 g/mol. The summed E-state index contributed by atoms with van der Waals surface area (Å²) in [7, 11) is 6.65. The van der Waals surface area contributed by atoms with Crippen LogP contribution >= 0.6 is 0 Å². The third-order valence-corrected chi connectivity index (χ3v) is 6.45. The van der Waals surface area contributed by atoms with E-state index in [1.807, 2.05) is 0 Å². The Hall–Kier alpha value is -0.810. The number of hydrogen-bond donors (Lipinski definition) is 1. The molecular weight excluding hydrogens is 324 g/mol. The topological polar surface area (TPSA) is 40.1 Å². The predicted molar refractivity (Wildman–Crippen MR) is 111 cm³/mol. The van der Waals surface area contributed by atoms with Crippen LogP contribution in [0.1, 0.15) is 58.8 Å². The van der Waals surface area contributed by atoms with Crippen LogP contribution in [0.15, 0.2) is 4.99 Å². The van der Waals surface area contributed by atoms with Crippen LogP contribution in [0.2, 0.25) is 0 Å². The van der Waals surface area contributed by atoms with E-state index >= 15 is 0 Å². The number of nitrogens with zero attached hydrogens (tertiary/aromatic N) is 3. The first-order valence-corrected chi connectivity index (χ1v) is 10.7. The summed E-state index contributed by atoms with van der Waals surface area (Å²) < 4.78 is 5.49. The molecule has 2 rings (SSSR count). The van der Waals surface area contributed by atoms with Gasteiger partial charge in [0.05, 0.1) is 6.54 Å². The minimum atomic E-state index is 0.222. The van der Waals surface area contributed by atoms with E-state index < -0.39 is 0 Å². The molecule has 26 heavy (non-hydrogen) atoms. The first-order valence-electron chi connectivity index (χ1n) is 10.7. The van der Waals surface area contributed by atoms with Gasteiger partial charge in [0.1, 0.15) is 0 Å². The molecule has 5 heteroatoms. The van der Waals surface area contributed by atoms with Crippen molar-refractivity contribution in [1.29, 1.82) is 0 Å². The Kier molecular flexibility index (Phi) is 8.68. The number of nitrogens with one attached hydrogen (secondary N) is 1. The van der Waals surface area contributed by atoms with Gasteiger partial charge in [-0.2, -0.15) is 0 Å². The summed E-state index contributed by atoms with van der Waals surface area (Å²) in [4.78, 5) is 9.85. The molecule has 1 heterocycles. The van der Waals surface area contributed by atoms with Crippen molar-refractivity contribution in [1.82, 2.24) is 15.1 Å². The second-order valence-corrected chi connectivity index (χ2v) is 8.76. The van der Waals surface area contributed by atoms with Gasteiger partial charge >= 0.3 is 0 Å². The van der Waals surface area contributed by atoms with Crippen molar-refractivity contribution in [2.45, 2.75) is 64.3 Å². The fourth-order valence-electron chi connectivity index (χ4n) is 4.53. The maximum absolute atomic E-state index is 5.49. The molecule has 0 spiro atoms. The molecule has 2 aliphatic rings. The summed E-state index contributed by atoms with van der Waals surface area (Å²) in [5.41, 5.74) is 0.222. The maximum atomic E-state index is 5.49. The molecule has 1 aliphatic carbocycles. The van der Waals surface area contributed by atoms with Crippen LogP contribution in [0.25, 0.3) is 0 Å². The summed E-state index contributed by atoms with van der Waals surface area (Å²) in [5.74, 6) is 2.68. The molecule has 152 valence electrons. The molecule has 1 saturated carbocycles. The zero-order valence-electron chi connectivity index (χ0n) is 17.9. The van der Waals surface area contributed by atoms with Crippen molar-refractivity contribution >= 4 is 5.96 Å². The Bertz CT molecular complexity index is 434. The highest BCUT2D eigenvalue weighted by molar-refractivity contribution is 5.79. The molecule has 1 saturated heterocycles.